The van der Waals surface area contributed by atoms with E-state index < -0.39 is 23.5 Å². The van der Waals surface area contributed by atoms with Crippen LogP contribution in [0.15, 0.2) is 41.9 Å². The molecule has 3 heterocycles. The summed E-state index contributed by atoms with van der Waals surface area (Å²) in [5, 5.41) is 19.0. The maximum atomic E-state index is 13.7. The molecule has 5 rings (SSSR count). The lowest BCUT2D eigenvalue weighted by Gasteiger charge is -2.18. The highest BCUT2D eigenvalue weighted by molar-refractivity contribution is 7.14. The largest absolute Gasteiger partial charge is 0.507 e. The molecule has 0 spiro atoms. The molecule has 3 N–H and O–H groups in total. The number of aromatic hydroxyl groups is 1. The number of imidazole rings is 1. The van der Waals surface area contributed by atoms with Crippen molar-refractivity contribution in [3.8, 4) is 5.75 Å². The van der Waals surface area contributed by atoms with Gasteiger partial charge in [0.2, 0.25) is 5.82 Å². The predicted octanol–water partition coefficient (Wildman–Crippen LogP) is 5.32. The number of amides is 3. The average Bonchev–Trinajstić information content (AvgIpc) is 3.59. The Morgan fingerprint density at radius 2 is 1.90 bits per heavy atom. The molecule has 13 heteroatoms. The summed E-state index contributed by atoms with van der Waals surface area (Å²) < 4.78 is 6.71. The first-order valence-corrected chi connectivity index (χ1v) is 13.8. The fraction of sp³-hybridized carbons (Fsp3) is 0.296. The molecule has 2 aromatic carbocycles. The number of anilines is 3. The van der Waals surface area contributed by atoms with E-state index in [4.69, 9.17) is 16.3 Å². The second-order valence-corrected chi connectivity index (χ2v) is 11.5. The topological polar surface area (TPSA) is 139 Å². The predicted molar refractivity (Wildman–Crippen MR) is 154 cm³/mol. The zero-order valence-electron chi connectivity index (χ0n) is 22.2. The van der Waals surface area contributed by atoms with Gasteiger partial charge in [0.1, 0.15) is 17.0 Å². The molecule has 0 radical (unpaired) electrons. The number of halogens is 1. The lowest BCUT2D eigenvalue weighted by Crippen LogP contribution is -2.32. The van der Waals surface area contributed by atoms with Crippen molar-refractivity contribution in [3.05, 3.63) is 59.0 Å². The average molecular weight is 583 g/mol. The van der Waals surface area contributed by atoms with Crippen molar-refractivity contribution in [1.29, 1.82) is 0 Å². The highest BCUT2D eigenvalue weighted by Gasteiger charge is 2.36. The van der Waals surface area contributed by atoms with Crippen molar-refractivity contribution >= 4 is 68.3 Å². The van der Waals surface area contributed by atoms with Gasteiger partial charge in [0.25, 0.3) is 11.8 Å². The molecule has 3 amide bonds. The number of nitrogens with zero attached hydrogens (tertiary/aromatic N) is 4. The van der Waals surface area contributed by atoms with Gasteiger partial charge in [0.15, 0.2) is 10.9 Å². The zero-order chi connectivity index (χ0) is 28.8. The molecule has 0 bridgehead atoms. The third-order valence-corrected chi connectivity index (χ3v) is 7.36. The van der Waals surface area contributed by atoms with Crippen LogP contribution in [0.1, 0.15) is 53.4 Å². The number of nitrogens with one attached hydrogen (secondary N) is 2. The fourth-order valence-corrected chi connectivity index (χ4v) is 5.53. The van der Waals surface area contributed by atoms with Gasteiger partial charge in [0, 0.05) is 48.4 Å². The van der Waals surface area contributed by atoms with E-state index in [9.17, 15) is 19.5 Å². The summed E-state index contributed by atoms with van der Waals surface area (Å²) in [6.07, 6.45) is 0.841. The number of aromatic nitrogens is 3. The summed E-state index contributed by atoms with van der Waals surface area (Å²) in [4.78, 5) is 48.5. The number of carbonyl (C=O) groups excluding carboxylic acids is 3. The van der Waals surface area contributed by atoms with Crippen LogP contribution >= 0.6 is 22.9 Å². The van der Waals surface area contributed by atoms with Crippen LogP contribution in [0.3, 0.4) is 0 Å². The van der Waals surface area contributed by atoms with Crippen molar-refractivity contribution in [2.24, 2.45) is 7.05 Å². The second-order valence-electron chi connectivity index (χ2n) is 10.3. The maximum absolute atomic E-state index is 13.7. The van der Waals surface area contributed by atoms with E-state index in [0.717, 1.165) is 22.3 Å². The molecule has 0 fully saturated rings. The minimum atomic E-state index is -0.678. The summed E-state index contributed by atoms with van der Waals surface area (Å²) in [5.74, 6) is -0.474. The smallest absolute Gasteiger partial charge is 0.413 e. The van der Waals surface area contributed by atoms with Gasteiger partial charge in [-0.1, -0.05) is 24.3 Å². The molecule has 40 heavy (non-hydrogen) atoms. The molecule has 11 nitrogen and oxygen atoms in total. The second kappa shape index (κ2) is 10.4. The first kappa shape index (κ1) is 27.4. The van der Waals surface area contributed by atoms with E-state index >= 15 is 0 Å². The van der Waals surface area contributed by atoms with Crippen LogP contribution in [-0.4, -0.2) is 55.6 Å². The third-order valence-electron chi connectivity index (χ3n) is 6.23. The molecule has 0 saturated carbocycles. The number of fused-ring (bicyclic) bond motifs is 3. The number of benzene rings is 2. The van der Waals surface area contributed by atoms with Crippen molar-refractivity contribution in [2.45, 2.75) is 32.3 Å². The van der Waals surface area contributed by atoms with Gasteiger partial charge >= 0.3 is 6.09 Å². The van der Waals surface area contributed by atoms with Crippen LogP contribution in [-0.2, 0) is 11.8 Å². The molecule has 0 unspecified atom stereocenters. The Morgan fingerprint density at radius 3 is 2.60 bits per heavy atom. The zero-order valence-corrected chi connectivity index (χ0v) is 23.8. The normalized spacial score (nSPS) is 14.7. The van der Waals surface area contributed by atoms with Crippen molar-refractivity contribution in [3.63, 3.8) is 0 Å². The maximum Gasteiger partial charge on any atom is 0.413 e. The lowest BCUT2D eigenvalue weighted by molar-refractivity contribution is 0.0635. The van der Waals surface area contributed by atoms with Crippen LogP contribution < -0.4 is 15.5 Å². The number of alkyl halides is 1. The van der Waals surface area contributed by atoms with E-state index in [1.807, 2.05) is 24.3 Å². The minimum absolute atomic E-state index is 0.0652. The van der Waals surface area contributed by atoms with Crippen LogP contribution in [0, 0.1) is 0 Å². The van der Waals surface area contributed by atoms with Crippen LogP contribution in [0.5, 0.6) is 5.75 Å². The molecular formula is C27H27ClN6O5S. The molecule has 1 aliphatic heterocycles. The van der Waals surface area contributed by atoms with Crippen molar-refractivity contribution in [2.75, 3.05) is 28.0 Å². The number of phenols is 1. The molecule has 2 aromatic heterocycles. The van der Waals surface area contributed by atoms with Crippen molar-refractivity contribution in [1.82, 2.24) is 14.5 Å². The van der Waals surface area contributed by atoms with Gasteiger partial charge in [-0.25, -0.2) is 14.8 Å². The SMILES string of the molecule is Cn1cc(NC(=O)c2csc(NC(=O)OC(C)(C)C)n2)nc1C(=O)N1C[C@@H](CCl)c2c1cc(O)c1ccccc21. The number of thiazole rings is 1. The van der Waals surface area contributed by atoms with E-state index in [1.54, 1.807) is 38.8 Å². The number of hydrogen-bond donors (Lipinski definition) is 3. The van der Waals surface area contributed by atoms with E-state index in [0.29, 0.717) is 23.5 Å². The van der Waals surface area contributed by atoms with Gasteiger partial charge in [0.05, 0.1) is 5.69 Å². The molecule has 0 aliphatic carbocycles. The molecule has 4 aromatic rings. The Hall–Kier alpha value is -4.16. The number of carbonyl (C=O) groups is 3. The Labute approximate surface area is 238 Å². The standard InChI is InChI=1S/C27H27ClN6O5S/c1-27(2,3)39-26(38)32-25-29-17(13-40-25)23(36)31-20-12-33(4)22(30-20)24(37)34-11-14(10-28)21-16-8-6-5-7-15(16)19(35)9-18(21)34/h5-9,12-14,35H,10-11H2,1-4H3,(H,31,36)(H,29,32,38)/t14-/m1/s1. The summed E-state index contributed by atoms with van der Waals surface area (Å²) in [7, 11) is 1.65. The fourth-order valence-electron chi connectivity index (χ4n) is 4.60. The van der Waals surface area contributed by atoms with Crippen LogP contribution in [0.2, 0.25) is 0 Å². The summed E-state index contributed by atoms with van der Waals surface area (Å²) in [6.45, 7) is 5.54. The highest BCUT2D eigenvalue weighted by atomic mass is 35.5. The Balaban J connectivity index is 1.34. The monoisotopic (exact) mass is 582 g/mol. The van der Waals surface area contributed by atoms with Gasteiger partial charge in [-0.2, -0.15) is 0 Å². The van der Waals surface area contributed by atoms with E-state index in [1.165, 1.54) is 16.1 Å². The van der Waals surface area contributed by atoms with Gasteiger partial charge in [-0.15, -0.1) is 22.9 Å². The van der Waals surface area contributed by atoms with E-state index in [-0.39, 0.29) is 34.1 Å². The number of ether oxygens (including phenoxy) is 1. The molecule has 0 saturated heterocycles. The van der Waals surface area contributed by atoms with Crippen LogP contribution in [0.25, 0.3) is 10.8 Å². The first-order valence-electron chi connectivity index (χ1n) is 12.4. The quantitative estimate of drug-likeness (QED) is 0.271. The Bertz CT molecular complexity index is 1640. The van der Waals surface area contributed by atoms with Gasteiger partial charge in [-0.3, -0.25) is 14.9 Å². The van der Waals surface area contributed by atoms with E-state index in [2.05, 4.69) is 20.6 Å². The lowest BCUT2D eigenvalue weighted by atomic mass is 9.95. The van der Waals surface area contributed by atoms with Gasteiger partial charge in [-0.05, 0) is 31.7 Å². The Morgan fingerprint density at radius 1 is 1.18 bits per heavy atom. The van der Waals surface area contributed by atoms with Crippen LogP contribution in [0.4, 0.5) is 21.4 Å². The summed E-state index contributed by atoms with van der Waals surface area (Å²) in [5.41, 5.74) is 0.869. The number of rotatable bonds is 5. The molecule has 208 valence electrons. The molecule has 1 atom stereocenters. The molecular weight excluding hydrogens is 556 g/mol. The summed E-state index contributed by atoms with van der Waals surface area (Å²) >= 11 is 7.37. The van der Waals surface area contributed by atoms with Gasteiger partial charge < -0.3 is 24.6 Å². The minimum Gasteiger partial charge on any atom is -0.507 e. The number of hydrogen-bond acceptors (Lipinski definition) is 8. The molecule has 1 aliphatic rings. The highest BCUT2D eigenvalue weighted by Crippen LogP contribution is 2.45. The number of aryl methyl sites for hydroxylation is 1. The first-order chi connectivity index (χ1) is 18.9. The van der Waals surface area contributed by atoms with Crippen molar-refractivity contribution < 1.29 is 24.2 Å². The Kier molecular flexibility index (Phi) is 7.15. The summed E-state index contributed by atoms with van der Waals surface area (Å²) in [6, 6.07) is 9.04. The third kappa shape index (κ3) is 5.32. The number of phenolic OH excluding ortho intramolecular Hbond substituents is 1.